The molecule has 0 aliphatic heterocycles. The van der Waals surface area contributed by atoms with E-state index in [0.29, 0.717) is 18.8 Å². The predicted molar refractivity (Wildman–Crippen MR) is 51.3 cm³/mol. The third-order valence-corrected chi connectivity index (χ3v) is 0.687. The van der Waals surface area contributed by atoms with Crippen molar-refractivity contribution >= 4 is 49.7 Å². The smallest absolute Gasteiger partial charge is 0.545 e. The van der Waals surface area contributed by atoms with E-state index in [1.807, 2.05) is 0 Å². The molecule has 0 atom stereocenters. The molecule has 0 aromatic carbocycles. The average Bonchev–Trinajstić information content (AvgIpc) is 2.12. The van der Waals surface area contributed by atoms with Gasteiger partial charge in [-0.05, 0) is 12.2 Å². The number of rotatable bonds is 5. The van der Waals surface area contributed by atoms with Crippen LogP contribution < -0.4 is 10.2 Å². The van der Waals surface area contributed by atoms with Crippen LogP contribution >= 0.6 is 0 Å². The summed E-state index contributed by atoms with van der Waals surface area (Å²) in [5, 5.41) is 18.8. The molecule has 0 aromatic rings. The molecule has 0 radical (unpaired) electrons. The van der Waals surface area contributed by atoms with Crippen molar-refractivity contribution in [1.82, 2.24) is 0 Å². The van der Waals surface area contributed by atoms with Crippen LogP contribution in [-0.4, -0.2) is 56.3 Å². The van der Waals surface area contributed by atoms with Crippen molar-refractivity contribution in [2.45, 2.75) is 0 Å². The Morgan fingerprint density at radius 2 is 1.53 bits per heavy atom. The zero-order chi connectivity index (χ0) is 11.4. The van der Waals surface area contributed by atoms with Crippen molar-refractivity contribution in [1.29, 1.82) is 0 Å². The van der Waals surface area contributed by atoms with E-state index in [9.17, 15) is 19.8 Å². The average molecular weight is 238 g/mol. The van der Waals surface area contributed by atoms with Gasteiger partial charge >= 0.3 is 37.7 Å². The quantitative estimate of drug-likeness (QED) is 0.181. The van der Waals surface area contributed by atoms with Gasteiger partial charge in [0.15, 0.2) is 0 Å². The molecule has 0 spiro atoms. The summed E-state index contributed by atoms with van der Waals surface area (Å²) in [6.45, 7) is 7.31. The Morgan fingerprint density at radius 3 is 1.67 bits per heavy atom. The second-order valence-corrected chi connectivity index (χ2v) is 1.76. The summed E-state index contributed by atoms with van der Waals surface area (Å²) in [6, 6.07) is 0. The molecule has 0 saturated heterocycles. The van der Waals surface area contributed by atoms with Crippen LogP contribution in [0.1, 0.15) is 0 Å². The molecular weight excluding hydrogens is 228 g/mol. The molecule has 0 fully saturated rings. The number of ether oxygens (including phenoxy) is 1. The van der Waals surface area contributed by atoms with Crippen molar-refractivity contribution in [3.8, 4) is 0 Å². The summed E-state index contributed by atoms with van der Waals surface area (Å²) in [5.74, 6) is -3.09. The van der Waals surface area contributed by atoms with Gasteiger partial charge in [0.05, 0.1) is 18.2 Å². The van der Waals surface area contributed by atoms with Crippen LogP contribution in [0.15, 0.2) is 37.6 Å². The van der Waals surface area contributed by atoms with Gasteiger partial charge in [0.2, 0.25) is 0 Å². The number of carboxylic acid groups (broad SMARTS) is 2. The van der Waals surface area contributed by atoms with E-state index in [2.05, 4.69) is 17.9 Å². The molecule has 0 aliphatic rings. The van der Waals surface area contributed by atoms with Crippen LogP contribution in [-0.2, 0) is 14.3 Å². The second-order valence-electron chi connectivity index (χ2n) is 1.76. The zero-order valence-corrected chi connectivity index (χ0v) is 10.4. The Morgan fingerprint density at radius 1 is 1.13 bits per heavy atom. The zero-order valence-electron chi connectivity index (χ0n) is 8.18. The molecule has 78 valence electrons. The minimum Gasteiger partial charge on any atom is -0.545 e. The van der Waals surface area contributed by atoms with Crippen LogP contribution in [0, 0.1) is 0 Å². The van der Waals surface area contributed by atoms with Crippen LogP contribution in [0.5, 0.6) is 0 Å². The first-order chi connectivity index (χ1) is 6.54. The molecule has 15 heavy (non-hydrogen) atoms. The Bertz CT molecular complexity index is 211. The molecule has 0 unspecified atom stereocenters. The van der Waals surface area contributed by atoms with Crippen molar-refractivity contribution in [2.24, 2.45) is 0 Å². The van der Waals surface area contributed by atoms with E-state index >= 15 is 0 Å². The number of hydrogen-bond donors (Lipinski definition) is 0. The second kappa shape index (κ2) is 15.7. The fraction of sp³-hybridized carbons (Fsp3) is 0.111. The van der Waals surface area contributed by atoms with Gasteiger partial charge in [0.1, 0.15) is 6.61 Å². The van der Waals surface area contributed by atoms with Crippen LogP contribution in [0.4, 0.5) is 0 Å². The molecule has 0 heterocycles. The Hall–Kier alpha value is -0.780. The maximum Gasteiger partial charge on any atom is 2.00 e. The standard InChI is InChI=1S/C5H8O.C4H4O4.Ca/c1-3-5-6-4-2;5-3(6)1-2-4(7)8;/h3-4H,1-2,5H2;1-2H,(H,5,6)(H,7,8);/q;;+2/p-2. The van der Waals surface area contributed by atoms with Crippen LogP contribution in [0.25, 0.3) is 0 Å². The Balaban J connectivity index is -0.000000187. The van der Waals surface area contributed by atoms with Crippen molar-refractivity contribution < 1.29 is 24.5 Å². The fourth-order valence-electron chi connectivity index (χ4n) is 0.272. The first-order valence-electron chi connectivity index (χ1n) is 3.48. The van der Waals surface area contributed by atoms with Gasteiger partial charge in [-0.1, -0.05) is 19.2 Å². The third-order valence-electron chi connectivity index (χ3n) is 0.687. The topological polar surface area (TPSA) is 89.5 Å². The number of carbonyl (C=O) groups is 2. The molecule has 6 heteroatoms. The third kappa shape index (κ3) is 31.9. The molecule has 0 N–H and O–H groups in total. The van der Waals surface area contributed by atoms with E-state index in [0.717, 1.165) is 0 Å². The largest absolute Gasteiger partial charge is 2.00 e. The van der Waals surface area contributed by atoms with Crippen molar-refractivity contribution in [3.05, 3.63) is 37.6 Å². The Labute approximate surface area is 118 Å². The minimum absolute atomic E-state index is 0. The summed E-state index contributed by atoms with van der Waals surface area (Å²) < 4.78 is 4.63. The number of carbonyl (C=O) groups excluding carboxylic acids is 2. The molecule has 0 bridgehead atoms. The summed E-state index contributed by atoms with van der Waals surface area (Å²) in [5.41, 5.74) is 0. The first kappa shape index (κ1) is 19.7. The van der Waals surface area contributed by atoms with Gasteiger partial charge < -0.3 is 24.5 Å². The van der Waals surface area contributed by atoms with Gasteiger partial charge in [0, 0.05) is 0 Å². The van der Waals surface area contributed by atoms with E-state index in [1.54, 1.807) is 6.08 Å². The molecular formula is C9H10CaO5. The van der Waals surface area contributed by atoms with Gasteiger partial charge in [-0.25, -0.2) is 0 Å². The van der Waals surface area contributed by atoms with Crippen LogP contribution in [0.3, 0.4) is 0 Å². The molecule has 0 aromatic heterocycles. The van der Waals surface area contributed by atoms with Crippen LogP contribution in [0.2, 0.25) is 0 Å². The SMILES string of the molecule is C=CCOC=C.O=C([O-])C=CC(=O)[O-].[Ca+2]. The normalized spacial score (nSPS) is 7.73. The van der Waals surface area contributed by atoms with Gasteiger partial charge in [0.25, 0.3) is 0 Å². The fourth-order valence-corrected chi connectivity index (χ4v) is 0.272. The van der Waals surface area contributed by atoms with E-state index in [1.165, 1.54) is 6.26 Å². The van der Waals surface area contributed by atoms with E-state index < -0.39 is 11.9 Å². The summed E-state index contributed by atoms with van der Waals surface area (Å²) >= 11 is 0. The molecule has 0 rings (SSSR count). The number of aliphatic carboxylic acids is 2. The monoisotopic (exact) mass is 238 g/mol. The maximum absolute atomic E-state index is 9.41. The van der Waals surface area contributed by atoms with Gasteiger partial charge in [-0.15, -0.1) is 0 Å². The summed E-state index contributed by atoms with van der Waals surface area (Å²) in [6.07, 6.45) is 3.83. The number of hydrogen-bond acceptors (Lipinski definition) is 5. The van der Waals surface area contributed by atoms with E-state index in [-0.39, 0.29) is 37.7 Å². The maximum atomic E-state index is 9.41. The molecule has 0 saturated carbocycles. The molecule has 0 aliphatic carbocycles. The summed E-state index contributed by atoms with van der Waals surface area (Å²) in [7, 11) is 0. The van der Waals surface area contributed by atoms with Crippen molar-refractivity contribution in [3.63, 3.8) is 0 Å². The van der Waals surface area contributed by atoms with Gasteiger partial charge in [-0.3, -0.25) is 0 Å². The molecule has 5 nitrogen and oxygen atoms in total. The summed E-state index contributed by atoms with van der Waals surface area (Å²) in [4.78, 5) is 18.8. The Kier molecular flexibility index (Phi) is 20.6. The minimum atomic E-state index is -1.55. The predicted octanol–water partition coefficient (Wildman–Crippen LogP) is -2.01. The van der Waals surface area contributed by atoms with E-state index in [4.69, 9.17) is 0 Å². The number of carboxylic acids is 2. The van der Waals surface area contributed by atoms with Gasteiger partial charge in [-0.2, -0.15) is 0 Å². The molecule has 0 amide bonds. The first-order valence-corrected chi connectivity index (χ1v) is 3.48. The van der Waals surface area contributed by atoms with Crippen molar-refractivity contribution in [2.75, 3.05) is 6.61 Å².